The zero-order chi connectivity index (χ0) is 6.15. The Kier molecular flexibility index (Phi) is 1.61. The highest BCUT2D eigenvalue weighted by Gasteiger charge is 2.36. The van der Waals surface area contributed by atoms with E-state index in [9.17, 15) is 4.57 Å². The van der Waals surface area contributed by atoms with Crippen molar-refractivity contribution in [3.8, 4) is 0 Å². The molecule has 0 saturated carbocycles. The number of nitrogens with zero attached hydrogens (tertiary/aromatic N) is 2. The number of likely N-dealkylation sites (N-methyl/N-ethyl adjacent to an activating group) is 2. The van der Waals surface area contributed by atoms with Crippen LogP contribution in [0.5, 0.6) is 0 Å². The van der Waals surface area contributed by atoms with Gasteiger partial charge in [-0.3, -0.25) is 0 Å². The van der Waals surface area contributed by atoms with E-state index in [0.29, 0.717) is 0 Å². The predicted octanol–water partition coefficient (Wildman–Crippen LogP) is 0.521. The van der Waals surface area contributed by atoms with Gasteiger partial charge in [0.1, 0.15) is 0 Å². The fourth-order valence-electron chi connectivity index (χ4n) is 0.721. The van der Waals surface area contributed by atoms with Gasteiger partial charge in [-0.15, -0.1) is 0 Å². The first-order chi connectivity index (χ1) is 3.72. The lowest BCUT2D eigenvalue weighted by molar-refractivity contribution is 0.514. The highest BCUT2D eigenvalue weighted by Crippen LogP contribution is 2.33. The molecule has 0 aromatic rings. The third-order valence-corrected chi connectivity index (χ3v) is 2.90. The Morgan fingerprint density at radius 1 is 1.25 bits per heavy atom. The van der Waals surface area contributed by atoms with Crippen LogP contribution < -0.4 is 0 Å². The molecule has 0 unspecified atom stereocenters. The van der Waals surface area contributed by atoms with Gasteiger partial charge < -0.3 is 0 Å². The summed E-state index contributed by atoms with van der Waals surface area (Å²) >= 11 is 0. The zero-order valence-electron chi connectivity index (χ0n) is 5.16. The lowest BCUT2D eigenvalue weighted by Crippen LogP contribution is -2.05. The molecule has 0 aromatic heterocycles. The van der Waals surface area contributed by atoms with E-state index in [1.54, 1.807) is 0 Å². The van der Waals surface area contributed by atoms with Gasteiger partial charge in [0.2, 0.25) is 0 Å². The van der Waals surface area contributed by atoms with Crippen molar-refractivity contribution in [3.63, 3.8) is 0 Å². The van der Waals surface area contributed by atoms with Crippen LogP contribution in [0.2, 0.25) is 0 Å². The van der Waals surface area contributed by atoms with Crippen molar-refractivity contribution >= 4 is 8.10 Å². The Balaban J connectivity index is 2.57. The third kappa shape index (κ3) is 0.895. The molecular weight excluding hydrogens is 123 g/mol. The lowest BCUT2D eigenvalue weighted by Gasteiger charge is -1.88. The van der Waals surface area contributed by atoms with Gasteiger partial charge in [0.15, 0.2) is 0 Å². The molecule has 0 spiro atoms. The van der Waals surface area contributed by atoms with E-state index in [1.807, 2.05) is 23.4 Å². The molecule has 1 saturated heterocycles. The molecule has 0 bridgehead atoms. The highest BCUT2D eigenvalue weighted by molar-refractivity contribution is 7.39. The van der Waals surface area contributed by atoms with Crippen LogP contribution in [0.15, 0.2) is 0 Å². The van der Waals surface area contributed by atoms with Crippen molar-refractivity contribution in [1.29, 1.82) is 0 Å². The normalized spacial score (nSPS) is 25.0. The maximum absolute atomic E-state index is 10.9. The maximum Gasteiger partial charge on any atom is 0.537 e. The molecule has 0 radical (unpaired) electrons. The monoisotopic (exact) mass is 133 g/mol. The van der Waals surface area contributed by atoms with Gasteiger partial charge in [-0.1, -0.05) is 9.34 Å². The SMILES string of the molecule is CN1CCN(C)[P+]1=O. The van der Waals surface area contributed by atoms with E-state index < -0.39 is 8.10 Å². The van der Waals surface area contributed by atoms with Gasteiger partial charge in [0, 0.05) is 14.1 Å². The van der Waals surface area contributed by atoms with Crippen molar-refractivity contribution in [2.75, 3.05) is 27.2 Å². The Morgan fingerprint density at radius 2 is 1.62 bits per heavy atom. The molecule has 4 heteroatoms. The summed E-state index contributed by atoms with van der Waals surface area (Å²) < 4.78 is 14.6. The fraction of sp³-hybridized carbons (Fsp3) is 1.00. The van der Waals surface area contributed by atoms with Crippen LogP contribution in [0.25, 0.3) is 0 Å². The smallest absolute Gasteiger partial charge is 0.0806 e. The molecule has 0 amide bonds. The maximum atomic E-state index is 10.9. The molecule has 0 atom stereocenters. The van der Waals surface area contributed by atoms with Crippen molar-refractivity contribution in [2.24, 2.45) is 0 Å². The average molecular weight is 133 g/mol. The Morgan fingerprint density at radius 3 is 1.75 bits per heavy atom. The average Bonchev–Trinajstić information content (AvgIpc) is 1.98. The summed E-state index contributed by atoms with van der Waals surface area (Å²) in [4.78, 5) is 0. The summed E-state index contributed by atoms with van der Waals surface area (Å²) in [5.74, 6) is 0. The first kappa shape index (κ1) is 6.14. The molecule has 1 aliphatic heterocycles. The summed E-state index contributed by atoms with van der Waals surface area (Å²) in [5.41, 5.74) is 0. The van der Waals surface area contributed by atoms with E-state index in [1.165, 1.54) is 0 Å². The van der Waals surface area contributed by atoms with E-state index in [2.05, 4.69) is 0 Å². The van der Waals surface area contributed by atoms with Gasteiger partial charge >= 0.3 is 8.10 Å². The van der Waals surface area contributed by atoms with E-state index >= 15 is 0 Å². The minimum absolute atomic E-state index is 0.936. The Hall–Kier alpha value is 0.0200. The first-order valence-corrected chi connectivity index (χ1v) is 3.77. The van der Waals surface area contributed by atoms with Gasteiger partial charge in [0.05, 0.1) is 13.1 Å². The molecule has 1 fully saturated rings. The summed E-state index contributed by atoms with van der Waals surface area (Å²) in [7, 11) is 2.58. The Bertz CT molecular complexity index is 105. The van der Waals surface area contributed by atoms with E-state index in [-0.39, 0.29) is 0 Å². The van der Waals surface area contributed by atoms with Crippen LogP contribution in [0, 0.1) is 0 Å². The van der Waals surface area contributed by atoms with Crippen LogP contribution in [0.1, 0.15) is 0 Å². The predicted molar refractivity (Wildman–Crippen MR) is 32.9 cm³/mol. The van der Waals surface area contributed by atoms with Crippen LogP contribution in [-0.4, -0.2) is 36.5 Å². The molecule has 8 heavy (non-hydrogen) atoms. The second kappa shape index (κ2) is 2.09. The van der Waals surface area contributed by atoms with Crippen molar-refractivity contribution in [3.05, 3.63) is 0 Å². The van der Waals surface area contributed by atoms with Gasteiger partial charge in [-0.05, 0) is 4.57 Å². The molecule has 0 N–H and O–H groups in total. The molecule has 1 heterocycles. The number of hydrogen-bond acceptors (Lipinski definition) is 1. The van der Waals surface area contributed by atoms with Crippen LogP contribution in [-0.2, 0) is 4.57 Å². The minimum Gasteiger partial charge on any atom is -0.0806 e. The summed E-state index contributed by atoms with van der Waals surface area (Å²) in [5, 5.41) is 0. The summed E-state index contributed by atoms with van der Waals surface area (Å²) in [6.07, 6.45) is 0. The molecule has 1 rings (SSSR count). The van der Waals surface area contributed by atoms with Crippen molar-refractivity contribution in [1.82, 2.24) is 9.34 Å². The third-order valence-electron chi connectivity index (χ3n) is 1.33. The second-order valence-corrected chi connectivity index (χ2v) is 3.89. The van der Waals surface area contributed by atoms with Crippen LogP contribution in [0.4, 0.5) is 0 Å². The molecule has 0 aromatic carbocycles. The minimum atomic E-state index is -1.17. The summed E-state index contributed by atoms with van der Waals surface area (Å²) in [6.45, 7) is 1.87. The highest BCUT2D eigenvalue weighted by atomic mass is 31.1. The lowest BCUT2D eigenvalue weighted by atomic mass is 10.6. The van der Waals surface area contributed by atoms with Gasteiger partial charge in [-0.25, -0.2) is 0 Å². The molecule has 1 aliphatic rings. The molecule has 0 aliphatic carbocycles. The zero-order valence-corrected chi connectivity index (χ0v) is 6.06. The number of hydrogen-bond donors (Lipinski definition) is 0. The van der Waals surface area contributed by atoms with E-state index in [0.717, 1.165) is 13.1 Å². The van der Waals surface area contributed by atoms with Crippen molar-refractivity contribution < 1.29 is 4.57 Å². The summed E-state index contributed by atoms with van der Waals surface area (Å²) in [6, 6.07) is 0. The van der Waals surface area contributed by atoms with Crippen molar-refractivity contribution in [2.45, 2.75) is 0 Å². The van der Waals surface area contributed by atoms with Gasteiger partial charge in [-0.2, -0.15) is 0 Å². The number of rotatable bonds is 0. The fourth-order valence-corrected chi connectivity index (χ4v) is 1.76. The van der Waals surface area contributed by atoms with Crippen LogP contribution >= 0.6 is 8.10 Å². The Labute approximate surface area is 50.2 Å². The quantitative estimate of drug-likeness (QED) is 0.450. The molecule has 3 nitrogen and oxygen atoms in total. The van der Waals surface area contributed by atoms with Crippen LogP contribution in [0.3, 0.4) is 0 Å². The molecule has 46 valence electrons. The largest absolute Gasteiger partial charge is 0.537 e. The van der Waals surface area contributed by atoms with E-state index in [4.69, 9.17) is 0 Å². The topological polar surface area (TPSA) is 23.6 Å². The molecular formula is C4H10N2OP+. The second-order valence-electron chi connectivity index (χ2n) is 2.02. The standard InChI is InChI=1S/C4H10N2OP/c1-5-3-4-6(2)8(5)7/h3-4H2,1-2H3/q+1. The first-order valence-electron chi connectivity index (χ1n) is 2.61. The van der Waals surface area contributed by atoms with Gasteiger partial charge in [0.25, 0.3) is 0 Å².